The maximum atomic E-state index is 13.6. The first kappa shape index (κ1) is 15.8. The number of carbonyl (C=O) groups is 1. The van der Waals surface area contributed by atoms with E-state index < -0.39 is 0 Å². The highest BCUT2D eigenvalue weighted by atomic mass is 16.2. The van der Waals surface area contributed by atoms with Gasteiger partial charge in [-0.05, 0) is 75.3 Å². The number of hydrogen-bond donors (Lipinski definition) is 0. The van der Waals surface area contributed by atoms with Crippen molar-refractivity contribution in [2.45, 2.75) is 76.7 Å². The summed E-state index contributed by atoms with van der Waals surface area (Å²) in [5.41, 5.74) is -0.219. The van der Waals surface area contributed by atoms with Crippen molar-refractivity contribution < 1.29 is 4.79 Å². The Morgan fingerprint density at radius 3 is 2.32 bits per heavy atom. The van der Waals surface area contributed by atoms with Gasteiger partial charge in [-0.1, -0.05) is 12.8 Å². The van der Waals surface area contributed by atoms with Crippen LogP contribution in [0.2, 0.25) is 0 Å². The van der Waals surface area contributed by atoms with Crippen molar-refractivity contribution >= 4 is 5.91 Å². The van der Waals surface area contributed by atoms with Crippen molar-refractivity contribution in [1.82, 2.24) is 25.1 Å². The number of aromatic nitrogens is 4. The number of hydrogen-bond acceptors (Lipinski definition) is 4. The zero-order valence-corrected chi connectivity index (χ0v) is 15.3. The molecular weight excluding hydrogens is 314 g/mol. The second kappa shape index (κ2) is 5.52. The molecule has 1 aromatic heterocycles. The SMILES string of the molecule is Cc1nnn(C23C[C@H]4C[C@@H](CC(C(=O)N5CCCCCC5)(C4)C2)C3)n1. The van der Waals surface area contributed by atoms with Gasteiger partial charge in [0.25, 0.3) is 0 Å². The third-order valence-corrected chi connectivity index (χ3v) is 7.32. The van der Waals surface area contributed by atoms with Gasteiger partial charge in [0, 0.05) is 13.1 Å². The number of likely N-dealkylation sites (tertiary alicyclic amines) is 1. The van der Waals surface area contributed by atoms with Gasteiger partial charge >= 0.3 is 0 Å². The van der Waals surface area contributed by atoms with Crippen LogP contribution in [-0.4, -0.2) is 44.1 Å². The summed E-state index contributed by atoms with van der Waals surface area (Å²) >= 11 is 0. The number of rotatable bonds is 2. The van der Waals surface area contributed by atoms with E-state index in [1.807, 2.05) is 11.7 Å². The van der Waals surface area contributed by atoms with E-state index in [1.54, 1.807) is 0 Å². The Labute approximate surface area is 149 Å². The van der Waals surface area contributed by atoms with Gasteiger partial charge in [0.05, 0.1) is 11.0 Å². The molecule has 4 saturated carbocycles. The van der Waals surface area contributed by atoms with Crippen LogP contribution in [0.4, 0.5) is 0 Å². The number of aryl methyl sites for hydroxylation is 1. The Morgan fingerprint density at radius 1 is 1.04 bits per heavy atom. The van der Waals surface area contributed by atoms with E-state index in [0.717, 1.165) is 51.0 Å². The molecule has 2 atom stereocenters. The maximum Gasteiger partial charge on any atom is 0.228 e. The van der Waals surface area contributed by atoms with E-state index >= 15 is 0 Å². The monoisotopic (exact) mass is 343 g/mol. The van der Waals surface area contributed by atoms with Crippen molar-refractivity contribution in [1.29, 1.82) is 0 Å². The fourth-order valence-corrected chi connectivity index (χ4v) is 6.79. The highest BCUT2D eigenvalue weighted by molar-refractivity contribution is 5.83. The first-order valence-electron chi connectivity index (χ1n) is 10.2. The second-order valence-electron chi connectivity index (χ2n) is 9.30. The Bertz CT molecular complexity index is 661. The summed E-state index contributed by atoms with van der Waals surface area (Å²) < 4.78 is 0. The van der Waals surface area contributed by atoms with E-state index in [4.69, 9.17) is 0 Å². The third-order valence-electron chi connectivity index (χ3n) is 7.32. The summed E-state index contributed by atoms with van der Waals surface area (Å²) in [5, 5.41) is 13.1. The zero-order valence-electron chi connectivity index (χ0n) is 15.3. The molecule has 1 aliphatic heterocycles. The first-order valence-corrected chi connectivity index (χ1v) is 10.2. The lowest BCUT2D eigenvalue weighted by Crippen LogP contribution is -2.61. The molecule has 1 saturated heterocycles. The van der Waals surface area contributed by atoms with Gasteiger partial charge in [0.1, 0.15) is 0 Å². The summed E-state index contributed by atoms with van der Waals surface area (Å²) in [6, 6.07) is 0. The van der Waals surface area contributed by atoms with Crippen LogP contribution in [0.15, 0.2) is 0 Å². The Balaban J connectivity index is 1.48. The topological polar surface area (TPSA) is 63.9 Å². The minimum Gasteiger partial charge on any atom is -0.342 e. The van der Waals surface area contributed by atoms with E-state index in [0.29, 0.717) is 17.7 Å². The summed E-state index contributed by atoms with van der Waals surface area (Å²) in [6.45, 7) is 3.83. The molecular formula is C19H29N5O. The highest BCUT2D eigenvalue weighted by Crippen LogP contribution is 2.64. The fraction of sp³-hybridized carbons (Fsp3) is 0.895. The molecule has 6 nitrogen and oxygen atoms in total. The van der Waals surface area contributed by atoms with Gasteiger partial charge in [0.2, 0.25) is 5.91 Å². The average Bonchev–Trinajstić information content (AvgIpc) is 2.85. The van der Waals surface area contributed by atoms with Crippen LogP contribution >= 0.6 is 0 Å². The molecule has 25 heavy (non-hydrogen) atoms. The lowest BCUT2D eigenvalue weighted by atomic mass is 9.46. The van der Waals surface area contributed by atoms with Crippen LogP contribution in [0, 0.1) is 24.2 Å². The summed E-state index contributed by atoms with van der Waals surface area (Å²) in [4.78, 5) is 17.7. The van der Waals surface area contributed by atoms with Crippen molar-refractivity contribution in [3.05, 3.63) is 5.82 Å². The number of carbonyl (C=O) groups excluding carboxylic acids is 1. The van der Waals surface area contributed by atoms with Gasteiger partial charge in [-0.15, -0.1) is 10.2 Å². The summed E-state index contributed by atoms with van der Waals surface area (Å²) in [5.74, 6) is 2.50. The molecule has 5 aliphatic rings. The summed E-state index contributed by atoms with van der Waals surface area (Å²) in [6.07, 6.45) is 11.6. The molecule has 0 unspecified atom stereocenters. The predicted molar refractivity (Wildman–Crippen MR) is 92.7 cm³/mol. The number of tetrazole rings is 1. The van der Waals surface area contributed by atoms with Crippen LogP contribution in [0.5, 0.6) is 0 Å². The smallest absolute Gasteiger partial charge is 0.228 e. The van der Waals surface area contributed by atoms with Crippen molar-refractivity contribution in [2.24, 2.45) is 17.3 Å². The molecule has 2 heterocycles. The van der Waals surface area contributed by atoms with Crippen molar-refractivity contribution in [2.75, 3.05) is 13.1 Å². The molecule has 1 aromatic rings. The molecule has 0 radical (unpaired) electrons. The molecule has 4 aliphatic carbocycles. The van der Waals surface area contributed by atoms with Crippen LogP contribution in [0.3, 0.4) is 0 Å². The molecule has 0 spiro atoms. The van der Waals surface area contributed by atoms with Gasteiger partial charge in [-0.25, -0.2) is 0 Å². The van der Waals surface area contributed by atoms with Crippen molar-refractivity contribution in [3.63, 3.8) is 0 Å². The molecule has 0 aromatic carbocycles. The van der Waals surface area contributed by atoms with E-state index in [9.17, 15) is 4.79 Å². The van der Waals surface area contributed by atoms with Crippen LogP contribution < -0.4 is 0 Å². The normalized spacial score (nSPS) is 40.3. The number of nitrogens with zero attached hydrogens (tertiary/aromatic N) is 5. The Hall–Kier alpha value is -1.46. The van der Waals surface area contributed by atoms with E-state index in [-0.39, 0.29) is 11.0 Å². The van der Waals surface area contributed by atoms with Gasteiger partial charge in [0.15, 0.2) is 5.82 Å². The minimum atomic E-state index is -0.157. The highest BCUT2D eigenvalue weighted by Gasteiger charge is 2.62. The van der Waals surface area contributed by atoms with Crippen LogP contribution in [-0.2, 0) is 10.3 Å². The first-order chi connectivity index (χ1) is 12.1. The van der Waals surface area contributed by atoms with E-state index in [2.05, 4.69) is 20.3 Å². The number of amides is 1. The maximum absolute atomic E-state index is 13.6. The molecule has 1 amide bonds. The Kier molecular flexibility index (Phi) is 3.48. The average molecular weight is 343 g/mol. The van der Waals surface area contributed by atoms with Gasteiger partial charge in [-0.3, -0.25) is 4.79 Å². The molecule has 136 valence electrons. The van der Waals surface area contributed by atoms with E-state index in [1.165, 1.54) is 32.1 Å². The van der Waals surface area contributed by atoms with Crippen LogP contribution in [0.25, 0.3) is 0 Å². The lowest BCUT2D eigenvalue weighted by molar-refractivity contribution is -0.167. The largest absolute Gasteiger partial charge is 0.342 e. The second-order valence-corrected chi connectivity index (χ2v) is 9.30. The van der Waals surface area contributed by atoms with Gasteiger partial charge < -0.3 is 4.90 Å². The van der Waals surface area contributed by atoms with Crippen molar-refractivity contribution in [3.8, 4) is 0 Å². The predicted octanol–water partition coefficient (Wildman–Crippen LogP) is 2.68. The minimum absolute atomic E-state index is 0.0626. The molecule has 6 rings (SSSR count). The molecule has 4 bridgehead atoms. The molecule has 5 fully saturated rings. The van der Waals surface area contributed by atoms with Gasteiger partial charge in [-0.2, -0.15) is 4.80 Å². The fourth-order valence-electron chi connectivity index (χ4n) is 6.79. The standard InChI is InChI=1S/C19H29N5O/c1-14-20-22-24(21-14)19-11-15-8-16(12-19)10-18(9-15,13-19)17(25)23-6-4-2-3-5-7-23/h15-16H,2-13H2,1H3/t15-,16-,18?,19?/m0/s1. The molecule has 0 N–H and O–H groups in total. The third kappa shape index (κ3) is 2.43. The molecule has 6 heteroatoms. The quantitative estimate of drug-likeness (QED) is 0.828. The van der Waals surface area contributed by atoms with Crippen LogP contribution in [0.1, 0.15) is 70.0 Å². The zero-order chi connectivity index (χ0) is 17.1. The Morgan fingerprint density at radius 2 is 1.72 bits per heavy atom. The lowest BCUT2D eigenvalue weighted by Gasteiger charge is -2.60. The summed E-state index contributed by atoms with van der Waals surface area (Å²) in [7, 11) is 0.